The zero-order valence-corrected chi connectivity index (χ0v) is 34.5. The van der Waals surface area contributed by atoms with Crippen molar-refractivity contribution in [2.75, 3.05) is 43.6 Å². The number of H-pyrrole nitrogens is 1. The van der Waals surface area contributed by atoms with Crippen molar-refractivity contribution in [1.29, 1.82) is 0 Å². The fourth-order valence-electron chi connectivity index (χ4n) is 9.48. The number of nitrogens with zero attached hydrogens (tertiary/aromatic N) is 6. The Morgan fingerprint density at radius 2 is 1.87 bits per heavy atom. The molecule has 310 valence electrons. The maximum absolute atomic E-state index is 12.3. The quantitative estimate of drug-likeness (QED) is 0.0955. The number of carbonyl (C=O) groups excluding carboxylic acids is 2. The van der Waals surface area contributed by atoms with Crippen LogP contribution in [0.4, 0.5) is 11.5 Å². The fourth-order valence-corrected chi connectivity index (χ4v) is 9.48. The second-order valence-corrected chi connectivity index (χ2v) is 17.2. The number of aromatic nitrogens is 6. The number of piperazine rings is 1. The van der Waals surface area contributed by atoms with Crippen molar-refractivity contribution in [3.05, 3.63) is 71.2 Å². The van der Waals surface area contributed by atoms with Crippen molar-refractivity contribution in [3.8, 4) is 34.0 Å². The summed E-state index contributed by atoms with van der Waals surface area (Å²) in [6, 6.07) is 13.2. The molecule has 6 heterocycles. The molecule has 4 aliphatic rings. The van der Waals surface area contributed by atoms with Crippen molar-refractivity contribution in [3.63, 3.8) is 0 Å². The van der Waals surface area contributed by atoms with E-state index >= 15 is 0 Å². The Morgan fingerprint density at radius 1 is 1.02 bits per heavy atom. The van der Waals surface area contributed by atoms with Gasteiger partial charge in [0.25, 0.3) is 0 Å². The third-order valence-electron chi connectivity index (χ3n) is 12.8. The summed E-state index contributed by atoms with van der Waals surface area (Å²) >= 11 is 0. The summed E-state index contributed by atoms with van der Waals surface area (Å²) in [5.74, 6) is 1.97. The van der Waals surface area contributed by atoms with Crippen molar-refractivity contribution in [2.45, 2.75) is 89.6 Å². The van der Waals surface area contributed by atoms with Crippen LogP contribution in [0.25, 0.3) is 44.1 Å². The van der Waals surface area contributed by atoms with Gasteiger partial charge in [-0.15, -0.1) is 0 Å². The lowest BCUT2D eigenvalue weighted by Gasteiger charge is -2.31. The lowest BCUT2D eigenvalue weighted by atomic mass is 9.89. The van der Waals surface area contributed by atoms with E-state index in [1.165, 1.54) is 5.56 Å². The van der Waals surface area contributed by atoms with Crippen LogP contribution in [0.3, 0.4) is 0 Å². The van der Waals surface area contributed by atoms with Crippen LogP contribution >= 0.6 is 0 Å². The van der Waals surface area contributed by atoms with Gasteiger partial charge in [0.2, 0.25) is 0 Å². The monoisotopic (exact) mass is 809 g/mol. The molecule has 60 heavy (non-hydrogen) atoms. The molecule has 1 saturated carbocycles. The van der Waals surface area contributed by atoms with E-state index in [9.17, 15) is 9.59 Å². The first-order valence-electron chi connectivity index (χ1n) is 21.3. The molecule has 0 spiro atoms. The minimum Gasteiger partial charge on any atom is -0.486 e. The Bertz CT molecular complexity index is 2610. The molecule has 3 aliphatic heterocycles. The standard InChI is InChI=1S/C46H51N9O5/c1-25(2)40(23-57)55-21-36(39(22-56)53-55)32-9-6-27(15-38(32)47-4)24-59-44-42(41-26(3)5-10-37-35(41)19-49-52-37)33(28-7-8-28)17-34-43(44)50-46(60-31-11-13-58-14-12-31)51-45(34)54-20-29-16-30(54)18-48-29/h5-6,9-10,15,17,19,21-23,25,28-31,40,47-48H,7-8,11-14,16,18,20,24H2,1-4H3,(H,49,52). The summed E-state index contributed by atoms with van der Waals surface area (Å²) < 4.78 is 21.1. The Kier molecular flexibility index (Phi) is 9.99. The number of aryl methyl sites for hydroxylation is 1. The molecule has 3 atom stereocenters. The predicted octanol–water partition coefficient (Wildman–Crippen LogP) is 7.16. The van der Waals surface area contributed by atoms with Gasteiger partial charge in [-0.1, -0.05) is 32.0 Å². The maximum Gasteiger partial charge on any atom is 0.319 e. The number of hydrogen-bond donors (Lipinski definition) is 3. The van der Waals surface area contributed by atoms with E-state index < -0.39 is 6.04 Å². The second kappa shape index (κ2) is 15.6. The molecule has 3 aromatic heterocycles. The molecule has 4 fully saturated rings. The zero-order chi connectivity index (χ0) is 41.1. The number of carbonyl (C=O) groups is 2. The lowest BCUT2D eigenvalue weighted by Crippen LogP contribution is -2.44. The number of aldehydes is 2. The predicted molar refractivity (Wildman–Crippen MR) is 230 cm³/mol. The highest BCUT2D eigenvalue weighted by Gasteiger charge is 2.41. The minimum atomic E-state index is -0.487. The van der Waals surface area contributed by atoms with Gasteiger partial charge in [0.1, 0.15) is 42.1 Å². The third kappa shape index (κ3) is 6.85. The van der Waals surface area contributed by atoms with Gasteiger partial charge in [-0.3, -0.25) is 14.6 Å². The molecule has 0 amide bonds. The van der Waals surface area contributed by atoms with Crippen molar-refractivity contribution in [2.24, 2.45) is 5.92 Å². The van der Waals surface area contributed by atoms with Crippen LogP contribution in [0, 0.1) is 12.8 Å². The smallest absolute Gasteiger partial charge is 0.319 e. The lowest BCUT2D eigenvalue weighted by molar-refractivity contribution is -0.111. The van der Waals surface area contributed by atoms with Crippen LogP contribution in [-0.4, -0.2) is 94.1 Å². The topological polar surface area (TPSA) is 161 Å². The highest BCUT2D eigenvalue weighted by Crippen LogP contribution is 2.53. The average molecular weight is 810 g/mol. The van der Waals surface area contributed by atoms with E-state index in [2.05, 4.69) is 56.0 Å². The summed E-state index contributed by atoms with van der Waals surface area (Å²) in [6.45, 7) is 9.38. The van der Waals surface area contributed by atoms with Crippen LogP contribution in [0.1, 0.15) is 85.1 Å². The number of rotatable bonds is 14. The summed E-state index contributed by atoms with van der Waals surface area (Å²) in [5.41, 5.74) is 9.59. The average Bonchev–Trinajstić information content (AvgIpc) is 3.57. The molecule has 0 radical (unpaired) electrons. The van der Waals surface area contributed by atoms with Gasteiger partial charge in [0.15, 0.2) is 12.0 Å². The molecule has 14 heteroatoms. The molecule has 1 aliphatic carbocycles. The molecule has 3 aromatic carbocycles. The van der Waals surface area contributed by atoms with Crippen molar-refractivity contribution in [1.82, 2.24) is 35.3 Å². The van der Waals surface area contributed by atoms with E-state index in [0.717, 1.165) is 119 Å². The van der Waals surface area contributed by atoms with Crippen molar-refractivity contribution >= 4 is 45.9 Å². The molecule has 14 nitrogen and oxygen atoms in total. The van der Waals surface area contributed by atoms with Gasteiger partial charge in [-0.05, 0) is 78.5 Å². The summed E-state index contributed by atoms with van der Waals surface area (Å²) in [7, 11) is 1.86. The maximum atomic E-state index is 12.3. The Labute approximate surface area is 348 Å². The zero-order valence-electron chi connectivity index (χ0n) is 34.5. The van der Waals surface area contributed by atoms with E-state index in [0.29, 0.717) is 48.5 Å². The SMILES string of the molecule is CNc1cc(COc2c(-c3c(C)ccc4[nH]ncc34)c(C3CC3)cc3c(N4CC5CC4CN5)nc(OC4CCOCC4)nc23)ccc1-c1cn(C(C=O)C(C)C)nc1C=O. The molecule has 3 unspecified atom stereocenters. The van der Waals surface area contributed by atoms with Crippen LogP contribution in [0.15, 0.2) is 48.8 Å². The van der Waals surface area contributed by atoms with Crippen LogP contribution in [0.5, 0.6) is 11.8 Å². The highest BCUT2D eigenvalue weighted by atomic mass is 16.5. The molecular weight excluding hydrogens is 759 g/mol. The summed E-state index contributed by atoms with van der Waals surface area (Å²) in [4.78, 5) is 37.2. The largest absolute Gasteiger partial charge is 0.486 e. The number of fused-ring (bicyclic) bond motifs is 4. The molecular formula is C46H51N9O5. The van der Waals surface area contributed by atoms with E-state index in [4.69, 9.17) is 24.2 Å². The Morgan fingerprint density at radius 3 is 2.58 bits per heavy atom. The van der Waals surface area contributed by atoms with Gasteiger partial charge in [-0.2, -0.15) is 20.2 Å². The first-order valence-corrected chi connectivity index (χ1v) is 21.3. The van der Waals surface area contributed by atoms with Crippen LogP contribution in [0.2, 0.25) is 0 Å². The Hall–Kier alpha value is -5.86. The molecule has 3 N–H and O–H groups in total. The first kappa shape index (κ1) is 38.3. The van der Waals surface area contributed by atoms with E-state index in [-0.39, 0.29) is 24.3 Å². The molecule has 6 aromatic rings. The van der Waals surface area contributed by atoms with Gasteiger partial charge in [0, 0.05) is 84.4 Å². The summed E-state index contributed by atoms with van der Waals surface area (Å²) in [5, 5.41) is 21.2. The van der Waals surface area contributed by atoms with E-state index in [1.807, 2.05) is 45.3 Å². The molecule has 2 bridgehead atoms. The summed E-state index contributed by atoms with van der Waals surface area (Å²) in [6.07, 6.45) is 10.1. The minimum absolute atomic E-state index is 0.00931. The van der Waals surface area contributed by atoms with Gasteiger partial charge in [-0.25, -0.2) is 0 Å². The van der Waals surface area contributed by atoms with Crippen molar-refractivity contribution < 1.29 is 23.8 Å². The number of aromatic amines is 1. The number of benzene rings is 3. The van der Waals surface area contributed by atoms with Gasteiger partial charge < -0.3 is 34.5 Å². The fraction of sp³-hybridized carbons (Fsp3) is 0.435. The molecule has 3 saturated heterocycles. The normalized spacial score (nSPS) is 19.7. The number of nitrogens with one attached hydrogen (secondary N) is 3. The number of hydrogen-bond acceptors (Lipinski definition) is 12. The second-order valence-electron chi connectivity index (χ2n) is 17.2. The Balaban J connectivity index is 1.13. The first-order chi connectivity index (χ1) is 29.3. The van der Waals surface area contributed by atoms with Crippen LogP contribution < -0.4 is 25.0 Å². The highest BCUT2D eigenvalue weighted by molar-refractivity contribution is 6.06. The van der Waals surface area contributed by atoms with E-state index in [1.54, 1.807) is 10.9 Å². The number of anilines is 2. The third-order valence-corrected chi connectivity index (χ3v) is 12.8. The molecule has 10 rings (SSSR count). The van der Waals surface area contributed by atoms with Crippen LogP contribution in [-0.2, 0) is 16.1 Å². The van der Waals surface area contributed by atoms with Gasteiger partial charge >= 0.3 is 6.01 Å². The van der Waals surface area contributed by atoms with Gasteiger partial charge in [0.05, 0.1) is 24.9 Å². The number of ether oxygens (including phenoxy) is 3.